The summed E-state index contributed by atoms with van der Waals surface area (Å²) in [6.07, 6.45) is 1.48. The van der Waals surface area contributed by atoms with Gasteiger partial charge in [0.25, 0.3) is 0 Å². The van der Waals surface area contributed by atoms with E-state index in [1.165, 1.54) is 10.9 Å². The molecule has 0 aliphatic heterocycles. The van der Waals surface area contributed by atoms with E-state index < -0.39 is 6.03 Å². The fraction of sp³-hybridized carbons (Fsp3) is 0.0833. The summed E-state index contributed by atoms with van der Waals surface area (Å²) in [7, 11) is 1.66. The molecule has 21 heavy (non-hydrogen) atoms. The van der Waals surface area contributed by atoms with Gasteiger partial charge in [-0.05, 0) is 18.2 Å². The average Bonchev–Trinajstić information content (AvgIpc) is 2.75. The zero-order valence-electron chi connectivity index (χ0n) is 10.9. The van der Waals surface area contributed by atoms with Gasteiger partial charge in [-0.3, -0.25) is 10.00 Å². The molecule has 1 heterocycles. The number of carbonyl (C=O) groups excluding carboxylic acids is 1. The van der Waals surface area contributed by atoms with Gasteiger partial charge in [0, 0.05) is 12.1 Å². The highest BCUT2D eigenvalue weighted by molar-refractivity contribution is 7.80. The molecule has 0 radical (unpaired) electrons. The van der Waals surface area contributed by atoms with Gasteiger partial charge < -0.3 is 11.1 Å². The van der Waals surface area contributed by atoms with Gasteiger partial charge in [-0.25, -0.2) is 4.79 Å². The van der Waals surface area contributed by atoms with Crippen LogP contribution in [-0.2, 0) is 7.05 Å². The van der Waals surface area contributed by atoms with Crippen LogP contribution < -0.4 is 16.4 Å². The summed E-state index contributed by atoms with van der Waals surface area (Å²) in [4.78, 5) is 12.2. The number of thiocarbonyl (C=S) groups is 1. The molecule has 0 bridgehead atoms. The van der Waals surface area contributed by atoms with Crippen LogP contribution >= 0.6 is 35.4 Å². The second-order valence-corrected chi connectivity index (χ2v) is 5.38. The maximum atomic E-state index is 12.0. The van der Waals surface area contributed by atoms with Gasteiger partial charge in [0.1, 0.15) is 10.8 Å². The Morgan fingerprint density at radius 2 is 2.10 bits per heavy atom. The molecule has 2 aromatic rings. The Labute approximate surface area is 136 Å². The highest BCUT2D eigenvalue weighted by Gasteiger charge is 2.14. The van der Waals surface area contributed by atoms with Crippen LogP contribution in [0.1, 0.15) is 5.56 Å². The van der Waals surface area contributed by atoms with Gasteiger partial charge in [0.15, 0.2) is 0 Å². The number of anilines is 2. The van der Waals surface area contributed by atoms with E-state index in [2.05, 4.69) is 15.7 Å². The lowest BCUT2D eigenvalue weighted by atomic mass is 10.3. The molecule has 4 N–H and O–H groups in total. The topological polar surface area (TPSA) is 85.0 Å². The number of hydrogen-bond donors (Lipinski definition) is 3. The molecule has 2 rings (SSSR count). The third-order valence-electron chi connectivity index (χ3n) is 2.61. The first-order chi connectivity index (χ1) is 9.88. The van der Waals surface area contributed by atoms with E-state index in [0.717, 1.165) is 0 Å². The van der Waals surface area contributed by atoms with E-state index >= 15 is 0 Å². The minimum absolute atomic E-state index is 0.138. The van der Waals surface area contributed by atoms with Crippen LogP contribution in [-0.4, -0.2) is 20.8 Å². The fourth-order valence-corrected chi connectivity index (χ4v) is 2.11. The number of rotatable bonds is 3. The van der Waals surface area contributed by atoms with Gasteiger partial charge in [0.05, 0.1) is 22.5 Å². The van der Waals surface area contributed by atoms with Crippen molar-refractivity contribution in [1.82, 2.24) is 9.78 Å². The molecule has 0 saturated heterocycles. The van der Waals surface area contributed by atoms with Crippen LogP contribution in [0.4, 0.5) is 16.3 Å². The third kappa shape index (κ3) is 3.63. The number of amides is 2. The van der Waals surface area contributed by atoms with E-state index in [-0.39, 0.29) is 4.99 Å². The van der Waals surface area contributed by atoms with Crippen LogP contribution in [0, 0.1) is 0 Å². The number of benzene rings is 1. The van der Waals surface area contributed by atoms with Crippen molar-refractivity contribution in [3.05, 3.63) is 40.0 Å². The lowest BCUT2D eigenvalue weighted by Crippen LogP contribution is -2.23. The number of urea groups is 1. The van der Waals surface area contributed by atoms with Crippen molar-refractivity contribution >= 4 is 57.9 Å². The van der Waals surface area contributed by atoms with E-state index in [1.54, 1.807) is 25.2 Å². The predicted molar refractivity (Wildman–Crippen MR) is 88.2 cm³/mol. The summed E-state index contributed by atoms with van der Waals surface area (Å²) in [5, 5.41) is 10.0. The molecule has 110 valence electrons. The Morgan fingerprint density at radius 3 is 2.76 bits per heavy atom. The van der Waals surface area contributed by atoms with Gasteiger partial charge in [0.2, 0.25) is 0 Å². The van der Waals surface area contributed by atoms with Crippen LogP contribution in [0.5, 0.6) is 0 Å². The zero-order valence-corrected chi connectivity index (χ0v) is 13.2. The van der Waals surface area contributed by atoms with Gasteiger partial charge in [-0.15, -0.1) is 0 Å². The molecule has 0 unspecified atom stereocenters. The maximum Gasteiger partial charge on any atom is 0.324 e. The lowest BCUT2D eigenvalue weighted by molar-refractivity contribution is 0.262. The number of nitrogens with zero attached hydrogens (tertiary/aromatic N) is 2. The number of nitrogens with one attached hydrogen (secondary N) is 2. The number of carbonyl (C=O) groups is 1. The molecule has 0 atom stereocenters. The Hall–Kier alpha value is -1.83. The Kier molecular flexibility index (Phi) is 4.66. The summed E-state index contributed by atoms with van der Waals surface area (Å²) in [6.45, 7) is 0. The van der Waals surface area contributed by atoms with Gasteiger partial charge in [-0.1, -0.05) is 35.4 Å². The van der Waals surface area contributed by atoms with E-state index in [4.69, 9.17) is 41.2 Å². The number of aromatic nitrogens is 2. The van der Waals surface area contributed by atoms with E-state index in [9.17, 15) is 4.79 Å². The van der Waals surface area contributed by atoms with Crippen molar-refractivity contribution in [1.29, 1.82) is 0 Å². The maximum absolute atomic E-state index is 12.0. The van der Waals surface area contributed by atoms with Crippen LogP contribution in [0.2, 0.25) is 10.0 Å². The zero-order chi connectivity index (χ0) is 15.6. The van der Waals surface area contributed by atoms with Crippen molar-refractivity contribution in [3.8, 4) is 0 Å². The number of aryl methyl sites for hydroxylation is 1. The smallest absolute Gasteiger partial charge is 0.324 e. The fourth-order valence-electron chi connectivity index (χ4n) is 1.62. The lowest BCUT2D eigenvalue weighted by Gasteiger charge is -2.10. The second-order valence-electron chi connectivity index (χ2n) is 4.10. The first-order valence-corrected chi connectivity index (χ1v) is 6.89. The van der Waals surface area contributed by atoms with Gasteiger partial charge >= 0.3 is 6.03 Å². The summed E-state index contributed by atoms with van der Waals surface area (Å²) in [5.74, 6) is 0.387. The molecular formula is C12H11Cl2N5OS. The molecule has 6 nitrogen and oxygen atoms in total. The highest BCUT2D eigenvalue weighted by Crippen LogP contribution is 2.25. The second kappa shape index (κ2) is 6.30. The van der Waals surface area contributed by atoms with Crippen LogP contribution in [0.15, 0.2) is 24.4 Å². The van der Waals surface area contributed by atoms with Crippen molar-refractivity contribution in [3.63, 3.8) is 0 Å². The Balaban J connectivity index is 2.17. The summed E-state index contributed by atoms with van der Waals surface area (Å²) in [5.41, 5.74) is 6.43. The van der Waals surface area contributed by atoms with Gasteiger partial charge in [-0.2, -0.15) is 5.10 Å². The minimum atomic E-state index is -0.514. The van der Waals surface area contributed by atoms with Crippen molar-refractivity contribution in [2.45, 2.75) is 0 Å². The first kappa shape index (κ1) is 15.6. The largest absolute Gasteiger partial charge is 0.389 e. The molecule has 0 aliphatic carbocycles. The monoisotopic (exact) mass is 343 g/mol. The van der Waals surface area contributed by atoms with Crippen molar-refractivity contribution in [2.24, 2.45) is 12.8 Å². The van der Waals surface area contributed by atoms with E-state index in [1.807, 2.05) is 0 Å². The van der Waals surface area contributed by atoms with Crippen molar-refractivity contribution in [2.75, 3.05) is 10.6 Å². The molecular weight excluding hydrogens is 333 g/mol. The molecule has 0 aliphatic rings. The summed E-state index contributed by atoms with van der Waals surface area (Å²) < 4.78 is 1.45. The summed E-state index contributed by atoms with van der Waals surface area (Å²) in [6, 6.07) is 4.24. The standard InChI is InChI=1S/C12H11Cl2N5OS/c1-19-11(7(5-16-19)10(15)21)18-12(20)17-9-4-6(13)2-3-8(9)14/h2-5H,1H3,(H2,15,21)(H2,17,18,20). The van der Waals surface area contributed by atoms with Crippen molar-refractivity contribution < 1.29 is 4.79 Å². The minimum Gasteiger partial charge on any atom is -0.389 e. The Morgan fingerprint density at radius 1 is 1.38 bits per heavy atom. The van der Waals surface area contributed by atoms with Crippen LogP contribution in [0.25, 0.3) is 0 Å². The van der Waals surface area contributed by atoms with E-state index in [0.29, 0.717) is 27.1 Å². The number of hydrogen-bond acceptors (Lipinski definition) is 3. The molecule has 9 heteroatoms. The number of nitrogens with two attached hydrogens (primary N) is 1. The molecule has 0 spiro atoms. The quantitative estimate of drug-likeness (QED) is 0.748. The number of halogens is 2. The molecule has 0 saturated carbocycles. The SMILES string of the molecule is Cn1ncc(C(N)=S)c1NC(=O)Nc1cc(Cl)ccc1Cl. The molecule has 1 aromatic carbocycles. The Bertz CT molecular complexity index is 716. The predicted octanol–water partition coefficient (Wildman–Crippen LogP) is 3.01. The first-order valence-electron chi connectivity index (χ1n) is 5.73. The average molecular weight is 344 g/mol. The summed E-state index contributed by atoms with van der Waals surface area (Å²) >= 11 is 16.7. The highest BCUT2D eigenvalue weighted by atomic mass is 35.5. The third-order valence-corrected chi connectivity index (χ3v) is 3.40. The normalized spacial score (nSPS) is 10.2. The molecule has 0 fully saturated rings. The molecule has 1 aromatic heterocycles. The van der Waals surface area contributed by atoms with Crippen LogP contribution in [0.3, 0.4) is 0 Å². The molecule has 2 amide bonds.